The highest BCUT2D eigenvalue weighted by Gasteiger charge is 2.48. The molecule has 2 aromatic carbocycles. The van der Waals surface area contributed by atoms with E-state index in [1.54, 1.807) is 18.2 Å². The highest BCUT2D eigenvalue weighted by Crippen LogP contribution is 2.59. The van der Waals surface area contributed by atoms with E-state index in [0.29, 0.717) is 40.5 Å². The molecule has 0 aliphatic carbocycles. The molecule has 35 heavy (non-hydrogen) atoms. The van der Waals surface area contributed by atoms with Gasteiger partial charge in [0.1, 0.15) is 17.8 Å². The highest BCUT2D eigenvalue weighted by molar-refractivity contribution is 7.88. The Kier molecular flexibility index (Phi) is 6.97. The number of fused-ring (bicyclic) bond motifs is 1. The van der Waals surface area contributed by atoms with Gasteiger partial charge in [-0.25, -0.2) is 17.9 Å². The van der Waals surface area contributed by atoms with Crippen molar-refractivity contribution in [3.05, 3.63) is 40.5 Å². The monoisotopic (exact) mass is 509 g/mol. The second kappa shape index (κ2) is 9.80. The van der Waals surface area contributed by atoms with Crippen molar-refractivity contribution in [1.82, 2.24) is 4.72 Å². The number of hydrogen-bond acceptors (Lipinski definition) is 10. The molecule has 1 fully saturated rings. The van der Waals surface area contributed by atoms with Gasteiger partial charge in [0.05, 0.1) is 34.7 Å². The molecule has 0 spiro atoms. The number of carbonyl (C=O) groups is 1. The van der Waals surface area contributed by atoms with Gasteiger partial charge in [-0.2, -0.15) is 0 Å². The lowest BCUT2D eigenvalue weighted by molar-refractivity contribution is 0.0594. The molecule has 2 unspecified atom stereocenters. The van der Waals surface area contributed by atoms with Crippen LogP contribution in [0.2, 0.25) is 0 Å². The summed E-state index contributed by atoms with van der Waals surface area (Å²) in [5, 5.41) is 0. The van der Waals surface area contributed by atoms with Crippen LogP contribution in [-0.2, 0) is 25.9 Å². The van der Waals surface area contributed by atoms with E-state index in [4.69, 9.17) is 33.2 Å². The zero-order chi connectivity index (χ0) is 25.3. The molecule has 2 aromatic rings. The molecule has 4 rings (SSSR count). The van der Waals surface area contributed by atoms with Gasteiger partial charge in [0.25, 0.3) is 0 Å². The first-order valence-corrected chi connectivity index (χ1v) is 12.6. The first-order chi connectivity index (χ1) is 16.7. The van der Waals surface area contributed by atoms with E-state index in [9.17, 15) is 13.2 Å². The molecule has 0 amide bonds. The second-order valence-electron chi connectivity index (χ2n) is 7.87. The Labute approximate surface area is 203 Å². The molecule has 190 valence electrons. The van der Waals surface area contributed by atoms with Gasteiger partial charge in [0, 0.05) is 17.7 Å². The van der Waals surface area contributed by atoms with Crippen LogP contribution in [0.1, 0.15) is 39.3 Å². The van der Waals surface area contributed by atoms with Crippen molar-refractivity contribution >= 4 is 16.0 Å². The van der Waals surface area contributed by atoms with Crippen LogP contribution in [0.15, 0.2) is 18.2 Å². The molecule has 0 radical (unpaired) electrons. The zero-order valence-electron chi connectivity index (χ0n) is 20.0. The summed E-state index contributed by atoms with van der Waals surface area (Å²) in [6, 6.07) is 5.20. The maximum Gasteiger partial charge on any atom is 0.342 e. The zero-order valence-corrected chi connectivity index (χ0v) is 20.8. The van der Waals surface area contributed by atoms with Gasteiger partial charge in [0.2, 0.25) is 22.6 Å². The summed E-state index contributed by atoms with van der Waals surface area (Å²) < 4.78 is 64.3. The maximum atomic E-state index is 12.7. The number of esters is 1. The summed E-state index contributed by atoms with van der Waals surface area (Å²) in [6.07, 6.45) is 0.408. The summed E-state index contributed by atoms with van der Waals surface area (Å²) in [4.78, 5) is 12.7. The van der Waals surface area contributed by atoms with Crippen LogP contribution < -0.4 is 28.4 Å². The van der Waals surface area contributed by atoms with E-state index in [0.717, 1.165) is 11.8 Å². The summed E-state index contributed by atoms with van der Waals surface area (Å²) in [5.41, 5.74) is 2.19. The maximum absolute atomic E-state index is 12.7. The van der Waals surface area contributed by atoms with Crippen LogP contribution in [0.5, 0.6) is 28.7 Å². The van der Waals surface area contributed by atoms with Crippen molar-refractivity contribution in [2.45, 2.75) is 18.6 Å². The third-order valence-corrected chi connectivity index (χ3v) is 6.48. The molecule has 2 heterocycles. The minimum Gasteiger partial charge on any atom is -0.493 e. The smallest absolute Gasteiger partial charge is 0.342 e. The van der Waals surface area contributed by atoms with Crippen molar-refractivity contribution in [2.75, 3.05) is 48.0 Å². The van der Waals surface area contributed by atoms with Crippen LogP contribution in [0.25, 0.3) is 0 Å². The minimum atomic E-state index is -3.37. The predicted octanol–water partition coefficient (Wildman–Crippen LogP) is 2.13. The Morgan fingerprint density at radius 2 is 1.80 bits per heavy atom. The number of rotatable bonds is 10. The molecule has 2 aliphatic heterocycles. The van der Waals surface area contributed by atoms with Crippen LogP contribution in [0, 0.1) is 0 Å². The number of epoxide rings is 1. The van der Waals surface area contributed by atoms with Gasteiger partial charge in [-0.1, -0.05) is 6.07 Å². The van der Waals surface area contributed by atoms with Crippen LogP contribution >= 0.6 is 0 Å². The number of methoxy groups -OCH3 is 4. The average molecular weight is 510 g/mol. The Morgan fingerprint density at radius 1 is 1.06 bits per heavy atom. The van der Waals surface area contributed by atoms with Gasteiger partial charge < -0.3 is 33.2 Å². The fraction of sp³-hybridized carbons (Fsp3) is 0.435. The summed E-state index contributed by atoms with van der Waals surface area (Å²) in [6.45, 7) is 0.198. The molecule has 12 heteroatoms. The van der Waals surface area contributed by atoms with E-state index in [2.05, 4.69) is 4.72 Å². The summed E-state index contributed by atoms with van der Waals surface area (Å²) in [7, 11) is 2.33. The SMILES string of the molecule is COC(=O)c1c(C2OC2c2c(CCNS(C)(=O)=O)cc3c(c2OC)OCO3)ccc(OC)c1OC. The van der Waals surface area contributed by atoms with Gasteiger partial charge in [0.15, 0.2) is 23.0 Å². The van der Waals surface area contributed by atoms with Gasteiger partial charge in [-0.05, 0) is 24.1 Å². The molecule has 0 saturated carbocycles. The number of nitrogens with one attached hydrogen (secondary N) is 1. The van der Waals surface area contributed by atoms with Crippen molar-refractivity contribution in [3.8, 4) is 28.7 Å². The fourth-order valence-corrected chi connectivity index (χ4v) is 4.70. The minimum absolute atomic E-state index is 0.0350. The normalized spacial score (nSPS) is 18.2. The second-order valence-corrected chi connectivity index (χ2v) is 9.70. The molecule has 0 bridgehead atoms. The first-order valence-electron chi connectivity index (χ1n) is 10.7. The number of carbonyl (C=O) groups excluding carboxylic acids is 1. The molecule has 0 aromatic heterocycles. The van der Waals surface area contributed by atoms with Crippen molar-refractivity contribution < 1.29 is 46.4 Å². The molecule has 1 N–H and O–H groups in total. The molecule has 11 nitrogen and oxygen atoms in total. The Morgan fingerprint density at radius 3 is 2.43 bits per heavy atom. The lowest BCUT2D eigenvalue weighted by Crippen LogP contribution is -2.24. The Hall–Kier alpha value is -3.22. The molecule has 2 aliphatic rings. The van der Waals surface area contributed by atoms with Crippen molar-refractivity contribution in [1.29, 1.82) is 0 Å². The van der Waals surface area contributed by atoms with E-state index >= 15 is 0 Å². The van der Waals surface area contributed by atoms with Crippen molar-refractivity contribution in [3.63, 3.8) is 0 Å². The lowest BCUT2D eigenvalue weighted by atomic mass is 9.93. The van der Waals surface area contributed by atoms with Crippen molar-refractivity contribution in [2.24, 2.45) is 0 Å². The molecular weight excluding hydrogens is 482 g/mol. The highest BCUT2D eigenvalue weighted by atomic mass is 32.2. The third-order valence-electron chi connectivity index (χ3n) is 5.76. The number of benzene rings is 2. The topological polar surface area (TPSA) is 131 Å². The average Bonchev–Trinajstić information content (AvgIpc) is 3.48. The van der Waals surface area contributed by atoms with Gasteiger partial charge in [-0.15, -0.1) is 0 Å². The van der Waals surface area contributed by atoms with E-state index in [1.165, 1.54) is 28.4 Å². The van der Waals surface area contributed by atoms with E-state index < -0.39 is 28.2 Å². The molecule has 2 atom stereocenters. The Bertz CT molecular complexity index is 1240. The van der Waals surface area contributed by atoms with Crippen LogP contribution in [-0.4, -0.2) is 62.4 Å². The summed E-state index contributed by atoms with van der Waals surface area (Å²) >= 11 is 0. The van der Waals surface area contributed by atoms with Gasteiger partial charge >= 0.3 is 5.97 Å². The quantitative estimate of drug-likeness (QED) is 0.375. The molecule has 1 saturated heterocycles. The van der Waals surface area contributed by atoms with Crippen LogP contribution in [0.4, 0.5) is 0 Å². The largest absolute Gasteiger partial charge is 0.493 e. The standard InChI is InChI=1S/C23H27NO10S/c1-28-14-7-6-13(17(19(14)29-2)23(25)31-4)18-22(34-18)16-12(8-9-24-35(5,26)27)10-15-20(21(16)30-3)33-11-32-15/h6-7,10,18,22,24H,8-9,11H2,1-5H3. The molecular formula is C23H27NO10S. The summed E-state index contributed by atoms with van der Waals surface area (Å²) in [5.74, 6) is 1.39. The third kappa shape index (κ3) is 4.81. The fourth-order valence-electron chi connectivity index (χ4n) is 4.23. The van der Waals surface area contributed by atoms with Gasteiger partial charge in [-0.3, -0.25) is 0 Å². The Balaban J connectivity index is 1.77. The van der Waals surface area contributed by atoms with E-state index in [-0.39, 0.29) is 24.7 Å². The first kappa shape index (κ1) is 24.9. The number of hydrogen-bond donors (Lipinski definition) is 1. The van der Waals surface area contributed by atoms with Crippen LogP contribution in [0.3, 0.4) is 0 Å². The predicted molar refractivity (Wildman–Crippen MR) is 123 cm³/mol. The lowest BCUT2D eigenvalue weighted by Gasteiger charge is -2.16. The number of sulfonamides is 1. The van der Waals surface area contributed by atoms with E-state index in [1.807, 2.05) is 0 Å². The number of ether oxygens (including phenoxy) is 7.